The van der Waals surface area contributed by atoms with Crippen LogP contribution in [0, 0.1) is 17.5 Å². The van der Waals surface area contributed by atoms with E-state index in [9.17, 15) is 13.2 Å². The zero-order valence-electron chi connectivity index (χ0n) is 11.8. The van der Waals surface area contributed by atoms with Crippen molar-refractivity contribution < 1.29 is 17.9 Å². The molecule has 4 N–H and O–H groups in total. The van der Waals surface area contributed by atoms with Gasteiger partial charge in [0.1, 0.15) is 12.4 Å². The van der Waals surface area contributed by atoms with Crippen LogP contribution in [0.15, 0.2) is 46.6 Å². The minimum absolute atomic E-state index is 0.0653. The monoisotopic (exact) mass is 322 g/mol. The lowest BCUT2D eigenvalue weighted by Crippen LogP contribution is -2.21. The Balaban J connectivity index is 1.99. The molecule has 0 aromatic heterocycles. The van der Waals surface area contributed by atoms with Crippen LogP contribution in [0.1, 0.15) is 11.1 Å². The van der Waals surface area contributed by atoms with Gasteiger partial charge in [0.2, 0.25) is 5.96 Å². The number of hydrogen-bond donors (Lipinski definition) is 2. The molecule has 0 amide bonds. The third-order valence-electron chi connectivity index (χ3n) is 2.72. The quantitative estimate of drug-likeness (QED) is 0.383. The van der Waals surface area contributed by atoms with E-state index in [-0.39, 0.29) is 18.3 Å². The van der Waals surface area contributed by atoms with E-state index >= 15 is 0 Å². The van der Waals surface area contributed by atoms with E-state index < -0.39 is 17.5 Å². The Morgan fingerprint density at radius 2 is 1.65 bits per heavy atom. The third kappa shape index (κ3) is 4.73. The van der Waals surface area contributed by atoms with Crippen molar-refractivity contribution in [3.05, 3.63) is 65.0 Å². The summed E-state index contributed by atoms with van der Waals surface area (Å²) in [7, 11) is 0. The summed E-state index contributed by atoms with van der Waals surface area (Å²) in [5, 5.41) is 7.11. The van der Waals surface area contributed by atoms with Crippen molar-refractivity contribution in [1.82, 2.24) is 0 Å². The summed E-state index contributed by atoms with van der Waals surface area (Å²) in [4.78, 5) is 0. The van der Waals surface area contributed by atoms with Gasteiger partial charge in [-0.1, -0.05) is 24.3 Å². The highest BCUT2D eigenvalue weighted by molar-refractivity contribution is 5.81. The molecule has 23 heavy (non-hydrogen) atoms. The Hall–Kier alpha value is -3.03. The van der Waals surface area contributed by atoms with Gasteiger partial charge in [0, 0.05) is 12.1 Å². The van der Waals surface area contributed by atoms with Crippen molar-refractivity contribution in [2.45, 2.75) is 6.61 Å². The molecule has 0 saturated heterocycles. The molecule has 2 rings (SSSR count). The molecule has 0 radical (unpaired) electrons. The van der Waals surface area contributed by atoms with Gasteiger partial charge in [0.25, 0.3) is 0 Å². The van der Waals surface area contributed by atoms with Crippen molar-refractivity contribution in [1.29, 1.82) is 0 Å². The number of nitrogens with two attached hydrogens (primary N) is 2. The van der Waals surface area contributed by atoms with Crippen molar-refractivity contribution in [2.24, 2.45) is 21.7 Å². The minimum atomic E-state index is -1.53. The number of ether oxygens (including phenoxy) is 1. The zero-order valence-corrected chi connectivity index (χ0v) is 11.8. The minimum Gasteiger partial charge on any atom is -0.489 e. The molecular weight excluding hydrogens is 309 g/mol. The molecule has 2 aromatic carbocycles. The first kappa shape index (κ1) is 16.3. The standard InChI is InChI=1S/C15H13F3N4O/c16-12-5-11(6-13(17)14(12)18)23-8-10-3-1-9(2-4-10)7-21-22-15(19)20/h1-7H,8H2,(H4,19,20,22). The summed E-state index contributed by atoms with van der Waals surface area (Å²) in [6, 6.07) is 8.50. The second kappa shape index (κ2) is 7.30. The molecule has 0 atom stereocenters. The van der Waals surface area contributed by atoms with E-state index in [2.05, 4.69) is 10.2 Å². The van der Waals surface area contributed by atoms with Crippen molar-refractivity contribution in [2.75, 3.05) is 0 Å². The third-order valence-corrected chi connectivity index (χ3v) is 2.72. The summed E-state index contributed by atoms with van der Waals surface area (Å²) in [6.07, 6.45) is 1.45. The van der Waals surface area contributed by atoms with Gasteiger partial charge in [-0.2, -0.15) is 5.10 Å². The lowest BCUT2D eigenvalue weighted by atomic mass is 10.1. The maximum atomic E-state index is 13.1. The topological polar surface area (TPSA) is 86.0 Å². The van der Waals surface area contributed by atoms with Crippen LogP contribution in [-0.4, -0.2) is 12.2 Å². The molecule has 0 spiro atoms. The van der Waals surface area contributed by atoms with Crippen LogP contribution in [-0.2, 0) is 6.61 Å². The lowest BCUT2D eigenvalue weighted by molar-refractivity contribution is 0.299. The fourth-order valence-electron chi connectivity index (χ4n) is 1.64. The highest BCUT2D eigenvalue weighted by Gasteiger charge is 2.11. The summed E-state index contributed by atoms with van der Waals surface area (Å²) in [5.74, 6) is -4.37. The molecule has 0 heterocycles. The number of nitrogens with zero attached hydrogens (tertiary/aromatic N) is 2. The first-order valence-corrected chi connectivity index (χ1v) is 6.44. The van der Waals surface area contributed by atoms with Gasteiger partial charge >= 0.3 is 0 Å². The summed E-state index contributed by atoms with van der Waals surface area (Å²) >= 11 is 0. The van der Waals surface area contributed by atoms with Gasteiger partial charge in [-0.05, 0) is 11.1 Å². The summed E-state index contributed by atoms with van der Waals surface area (Å²) < 4.78 is 44.2. The fourth-order valence-corrected chi connectivity index (χ4v) is 1.64. The first-order valence-electron chi connectivity index (χ1n) is 6.44. The average molecular weight is 322 g/mol. The van der Waals surface area contributed by atoms with Crippen LogP contribution in [0.25, 0.3) is 0 Å². The van der Waals surface area contributed by atoms with Crippen LogP contribution in [0.4, 0.5) is 13.2 Å². The Labute approximate surface area is 130 Å². The van der Waals surface area contributed by atoms with E-state index in [1.165, 1.54) is 6.21 Å². The van der Waals surface area contributed by atoms with Crippen molar-refractivity contribution in [3.8, 4) is 5.75 Å². The number of rotatable bonds is 5. The second-order valence-electron chi connectivity index (χ2n) is 4.50. The largest absolute Gasteiger partial charge is 0.489 e. The average Bonchev–Trinajstić information content (AvgIpc) is 2.51. The molecule has 0 fully saturated rings. The SMILES string of the molecule is NC(N)=NN=Cc1ccc(COc2cc(F)c(F)c(F)c2)cc1. The zero-order chi connectivity index (χ0) is 16.8. The first-order chi connectivity index (χ1) is 11.0. The molecular formula is C15H13F3N4O. The molecule has 2 aromatic rings. The molecule has 0 saturated carbocycles. The second-order valence-corrected chi connectivity index (χ2v) is 4.50. The highest BCUT2D eigenvalue weighted by atomic mass is 19.2. The van der Waals surface area contributed by atoms with E-state index in [1.54, 1.807) is 24.3 Å². The van der Waals surface area contributed by atoms with Crippen LogP contribution >= 0.6 is 0 Å². The molecule has 0 bridgehead atoms. The molecule has 120 valence electrons. The van der Waals surface area contributed by atoms with E-state index in [0.717, 1.165) is 23.3 Å². The number of guanidine groups is 1. The normalized spacial score (nSPS) is 10.7. The van der Waals surface area contributed by atoms with Crippen LogP contribution in [0.2, 0.25) is 0 Å². The molecule has 0 aliphatic rings. The predicted octanol–water partition coefficient (Wildman–Crippen LogP) is 2.29. The predicted molar refractivity (Wildman–Crippen MR) is 80.5 cm³/mol. The van der Waals surface area contributed by atoms with Gasteiger partial charge in [-0.3, -0.25) is 0 Å². The maximum Gasteiger partial charge on any atom is 0.211 e. The molecule has 5 nitrogen and oxygen atoms in total. The molecule has 0 unspecified atom stereocenters. The lowest BCUT2D eigenvalue weighted by Gasteiger charge is -2.07. The van der Waals surface area contributed by atoms with E-state index in [4.69, 9.17) is 16.2 Å². The molecule has 8 heteroatoms. The number of benzene rings is 2. The molecule has 0 aliphatic heterocycles. The van der Waals surface area contributed by atoms with Crippen LogP contribution in [0.5, 0.6) is 5.75 Å². The van der Waals surface area contributed by atoms with Crippen LogP contribution in [0.3, 0.4) is 0 Å². The Kier molecular flexibility index (Phi) is 5.19. The maximum absolute atomic E-state index is 13.1. The van der Waals surface area contributed by atoms with Crippen LogP contribution < -0.4 is 16.2 Å². The van der Waals surface area contributed by atoms with Gasteiger partial charge < -0.3 is 16.2 Å². The van der Waals surface area contributed by atoms with Crippen molar-refractivity contribution >= 4 is 12.2 Å². The summed E-state index contributed by atoms with van der Waals surface area (Å²) in [6.45, 7) is 0.0653. The van der Waals surface area contributed by atoms with E-state index in [1.807, 2.05) is 0 Å². The van der Waals surface area contributed by atoms with E-state index in [0.29, 0.717) is 0 Å². The fraction of sp³-hybridized carbons (Fsp3) is 0.0667. The Morgan fingerprint density at radius 3 is 2.22 bits per heavy atom. The van der Waals surface area contributed by atoms with Gasteiger partial charge in [-0.25, -0.2) is 13.2 Å². The molecule has 0 aliphatic carbocycles. The Morgan fingerprint density at radius 1 is 1.04 bits per heavy atom. The van der Waals surface area contributed by atoms with Gasteiger partial charge in [0.15, 0.2) is 17.5 Å². The number of hydrogen-bond acceptors (Lipinski definition) is 3. The van der Waals surface area contributed by atoms with Gasteiger partial charge in [-0.15, -0.1) is 5.10 Å². The number of halogens is 3. The van der Waals surface area contributed by atoms with Crippen molar-refractivity contribution in [3.63, 3.8) is 0 Å². The highest BCUT2D eigenvalue weighted by Crippen LogP contribution is 2.20. The van der Waals surface area contributed by atoms with Gasteiger partial charge in [0.05, 0.1) is 6.21 Å². The smallest absolute Gasteiger partial charge is 0.211 e. The Bertz CT molecular complexity index is 718. The summed E-state index contributed by atoms with van der Waals surface area (Å²) in [5.41, 5.74) is 11.7.